The van der Waals surface area contributed by atoms with Crippen LogP contribution in [0.15, 0.2) is 18.2 Å². The lowest BCUT2D eigenvalue weighted by molar-refractivity contribution is -0.138. The van der Waals surface area contributed by atoms with Gasteiger partial charge in [0, 0.05) is 18.3 Å². The summed E-state index contributed by atoms with van der Waals surface area (Å²) in [6.45, 7) is 7.81. The van der Waals surface area contributed by atoms with Crippen molar-refractivity contribution in [3.63, 3.8) is 0 Å². The maximum Gasteiger partial charge on any atom is 0.293 e. The minimum atomic E-state index is -0.318. The second-order valence-corrected chi connectivity index (χ2v) is 6.16. The van der Waals surface area contributed by atoms with Crippen molar-refractivity contribution in [1.82, 2.24) is 5.32 Å². The van der Waals surface area contributed by atoms with Gasteiger partial charge in [-0.05, 0) is 45.9 Å². The van der Waals surface area contributed by atoms with Crippen LogP contribution in [0.5, 0.6) is 5.75 Å². The second kappa shape index (κ2) is 8.10. The molecular weight excluding hydrogens is 292 g/mol. The molecule has 0 bridgehead atoms. The van der Waals surface area contributed by atoms with Gasteiger partial charge in [0.05, 0.1) is 5.02 Å². The van der Waals surface area contributed by atoms with Crippen LogP contribution in [0.2, 0.25) is 5.02 Å². The molecule has 0 spiro atoms. The van der Waals surface area contributed by atoms with Crippen LogP contribution in [0.3, 0.4) is 0 Å². The summed E-state index contributed by atoms with van der Waals surface area (Å²) in [5.41, 5.74) is 6.01. The Morgan fingerprint density at radius 2 is 2.14 bits per heavy atom. The molecule has 0 saturated carbocycles. The number of benzene rings is 1. The van der Waals surface area contributed by atoms with Crippen molar-refractivity contribution < 1.29 is 14.3 Å². The summed E-state index contributed by atoms with van der Waals surface area (Å²) >= 11 is 5.97. The normalized spacial score (nSPS) is 17.6. The van der Waals surface area contributed by atoms with Gasteiger partial charge in [0.25, 0.3) is 6.47 Å². The highest BCUT2D eigenvalue weighted by atomic mass is 35.5. The number of nitrogen functional groups attached to an aromatic ring is 1. The van der Waals surface area contributed by atoms with Crippen LogP contribution in [-0.4, -0.2) is 31.3 Å². The topological polar surface area (TPSA) is 73.6 Å². The molecule has 1 aromatic rings. The van der Waals surface area contributed by atoms with Gasteiger partial charge in [-0.1, -0.05) is 11.6 Å². The lowest BCUT2D eigenvalue weighted by Gasteiger charge is -2.14. The summed E-state index contributed by atoms with van der Waals surface area (Å²) < 4.78 is 10.3. The zero-order valence-electron chi connectivity index (χ0n) is 12.7. The maximum absolute atomic E-state index is 9.60. The summed E-state index contributed by atoms with van der Waals surface area (Å²) in [6.07, 6.45) is 1.24. The summed E-state index contributed by atoms with van der Waals surface area (Å²) in [5, 5.41) is 3.84. The van der Waals surface area contributed by atoms with Crippen LogP contribution in [0.4, 0.5) is 5.69 Å². The van der Waals surface area contributed by atoms with E-state index in [2.05, 4.69) is 10.1 Å². The largest absolute Gasteiger partial charge is 0.487 e. The fourth-order valence-corrected chi connectivity index (χ4v) is 1.83. The third kappa shape index (κ3) is 7.20. The van der Waals surface area contributed by atoms with Crippen molar-refractivity contribution in [2.24, 2.45) is 0 Å². The molecule has 1 fully saturated rings. The fourth-order valence-electron chi connectivity index (χ4n) is 1.66. The van der Waals surface area contributed by atoms with E-state index in [4.69, 9.17) is 22.1 Å². The predicted molar refractivity (Wildman–Crippen MR) is 84.7 cm³/mol. The maximum atomic E-state index is 9.60. The molecule has 2 rings (SSSR count). The van der Waals surface area contributed by atoms with E-state index >= 15 is 0 Å². The van der Waals surface area contributed by atoms with Gasteiger partial charge in [0.1, 0.15) is 17.5 Å². The van der Waals surface area contributed by atoms with Crippen molar-refractivity contribution in [3.05, 3.63) is 23.2 Å². The molecule has 0 aromatic heterocycles. The number of ether oxygens (including phenoxy) is 2. The summed E-state index contributed by atoms with van der Waals surface area (Å²) in [7, 11) is 0. The molecule has 21 heavy (non-hydrogen) atoms. The fraction of sp³-hybridized carbons (Fsp3) is 0.533. The van der Waals surface area contributed by atoms with Crippen LogP contribution in [0.25, 0.3) is 0 Å². The molecule has 1 saturated heterocycles. The van der Waals surface area contributed by atoms with E-state index in [9.17, 15) is 4.79 Å². The molecule has 1 unspecified atom stereocenters. The average Bonchev–Trinajstić information content (AvgIpc) is 2.86. The van der Waals surface area contributed by atoms with Gasteiger partial charge in [0.15, 0.2) is 0 Å². The first-order chi connectivity index (χ1) is 9.81. The van der Waals surface area contributed by atoms with Crippen LogP contribution in [0.1, 0.15) is 27.2 Å². The minimum absolute atomic E-state index is 0.217. The molecule has 1 heterocycles. The lowest BCUT2D eigenvalue weighted by atomic mass is 10.2. The monoisotopic (exact) mass is 314 g/mol. The number of carbonyl (C=O) groups is 1. The number of anilines is 1. The van der Waals surface area contributed by atoms with Gasteiger partial charge < -0.3 is 20.5 Å². The third-order valence-electron chi connectivity index (χ3n) is 2.67. The number of rotatable bonds is 3. The number of carbonyl (C=O) groups excluding carboxylic acids is 1. The Morgan fingerprint density at radius 1 is 1.43 bits per heavy atom. The number of hydrogen-bond donors (Lipinski definition) is 2. The molecule has 118 valence electrons. The van der Waals surface area contributed by atoms with Crippen LogP contribution in [0, 0.1) is 0 Å². The molecule has 5 nitrogen and oxygen atoms in total. The minimum Gasteiger partial charge on any atom is -0.487 e. The third-order valence-corrected chi connectivity index (χ3v) is 2.98. The zero-order valence-corrected chi connectivity index (χ0v) is 13.4. The molecule has 6 heteroatoms. The highest BCUT2D eigenvalue weighted by Crippen LogP contribution is 2.28. The van der Waals surface area contributed by atoms with Gasteiger partial charge in [-0.15, -0.1) is 0 Å². The van der Waals surface area contributed by atoms with E-state index in [0.29, 0.717) is 22.9 Å². The highest BCUT2D eigenvalue weighted by molar-refractivity contribution is 6.32. The van der Waals surface area contributed by atoms with Crippen LogP contribution < -0.4 is 15.8 Å². The summed E-state index contributed by atoms with van der Waals surface area (Å²) in [4.78, 5) is 9.60. The van der Waals surface area contributed by atoms with E-state index in [-0.39, 0.29) is 11.7 Å². The molecule has 3 N–H and O–H groups in total. The van der Waals surface area contributed by atoms with E-state index < -0.39 is 0 Å². The predicted octanol–water partition coefficient (Wildman–Crippen LogP) is 2.62. The van der Waals surface area contributed by atoms with Gasteiger partial charge in [-0.25, -0.2) is 0 Å². The molecule has 0 aliphatic carbocycles. The van der Waals surface area contributed by atoms with Crippen molar-refractivity contribution in [1.29, 1.82) is 0 Å². The molecule has 0 amide bonds. The number of hydrogen-bond acceptors (Lipinski definition) is 5. The molecular formula is C15H23ClN2O3. The summed E-state index contributed by atoms with van der Waals surface area (Å²) in [6, 6.07) is 5.29. The standard InChI is InChI=1S/C10H13ClN2O.C5H10O2/c11-9-2-1-7(12)5-10(9)14-8-3-4-13-6-8;1-5(2,3)7-4-6/h1-2,5,8,13H,3-4,6,12H2;4H,1-3H3. The Kier molecular flexibility index (Phi) is 6.78. The Bertz CT molecular complexity index is 455. The SMILES string of the molecule is CC(C)(C)OC=O.Nc1ccc(Cl)c(OC2CCNC2)c1. The summed E-state index contributed by atoms with van der Waals surface area (Å²) in [5.74, 6) is 0.681. The quantitative estimate of drug-likeness (QED) is 0.662. The number of nitrogens with one attached hydrogen (secondary N) is 1. The van der Waals surface area contributed by atoms with Crippen molar-refractivity contribution in [2.45, 2.75) is 38.9 Å². The molecule has 1 aromatic carbocycles. The smallest absolute Gasteiger partial charge is 0.293 e. The van der Waals surface area contributed by atoms with E-state index in [0.717, 1.165) is 19.5 Å². The van der Waals surface area contributed by atoms with Crippen molar-refractivity contribution in [2.75, 3.05) is 18.8 Å². The van der Waals surface area contributed by atoms with Gasteiger partial charge in [-0.3, -0.25) is 4.79 Å². The molecule has 0 radical (unpaired) electrons. The Morgan fingerprint density at radius 3 is 2.62 bits per heavy atom. The lowest BCUT2D eigenvalue weighted by Crippen LogP contribution is -2.19. The molecule has 1 atom stereocenters. The molecule has 1 aliphatic rings. The molecule has 1 aliphatic heterocycles. The number of nitrogens with two attached hydrogens (primary N) is 1. The van der Waals surface area contributed by atoms with E-state index in [1.54, 1.807) is 18.2 Å². The van der Waals surface area contributed by atoms with Crippen LogP contribution >= 0.6 is 11.6 Å². The Hall–Kier alpha value is -1.46. The number of halogens is 1. The zero-order chi connectivity index (χ0) is 15.9. The van der Waals surface area contributed by atoms with Crippen LogP contribution in [-0.2, 0) is 9.53 Å². The van der Waals surface area contributed by atoms with Gasteiger partial charge in [-0.2, -0.15) is 0 Å². The first-order valence-corrected chi connectivity index (χ1v) is 7.23. The van der Waals surface area contributed by atoms with E-state index in [1.807, 2.05) is 20.8 Å². The average molecular weight is 315 g/mol. The van der Waals surface area contributed by atoms with Gasteiger partial charge in [0.2, 0.25) is 0 Å². The van der Waals surface area contributed by atoms with E-state index in [1.165, 1.54) is 0 Å². The second-order valence-electron chi connectivity index (χ2n) is 5.75. The first kappa shape index (κ1) is 17.6. The van der Waals surface area contributed by atoms with Crippen molar-refractivity contribution >= 4 is 23.8 Å². The Labute approximate surface area is 130 Å². The van der Waals surface area contributed by atoms with Crippen molar-refractivity contribution in [3.8, 4) is 5.75 Å². The Balaban J connectivity index is 0.000000270. The first-order valence-electron chi connectivity index (χ1n) is 6.85. The highest BCUT2D eigenvalue weighted by Gasteiger charge is 2.17. The van der Waals surface area contributed by atoms with Gasteiger partial charge >= 0.3 is 0 Å².